The van der Waals surface area contributed by atoms with E-state index in [-0.39, 0.29) is 16.6 Å². The lowest BCUT2D eigenvalue weighted by Gasteiger charge is -2.16. The molecular weight excluding hydrogens is 347 g/mol. The molecule has 0 atom stereocenters. The summed E-state index contributed by atoms with van der Waals surface area (Å²) in [6.07, 6.45) is 0. The van der Waals surface area contributed by atoms with Crippen LogP contribution in [0, 0.1) is 6.92 Å². The molecule has 24 heavy (non-hydrogen) atoms. The van der Waals surface area contributed by atoms with Gasteiger partial charge in [-0.1, -0.05) is 61.3 Å². The van der Waals surface area contributed by atoms with Crippen LogP contribution >= 0.6 is 23.2 Å². The first-order chi connectivity index (χ1) is 11.3. The molecule has 2 aromatic carbocycles. The summed E-state index contributed by atoms with van der Waals surface area (Å²) in [5.74, 6) is -1.36. The van der Waals surface area contributed by atoms with Crippen LogP contribution in [-0.4, -0.2) is 11.8 Å². The van der Waals surface area contributed by atoms with Crippen LogP contribution in [0.4, 0.5) is 11.4 Å². The van der Waals surface area contributed by atoms with Crippen LogP contribution in [0.1, 0.15) is 30.9 Å². The maximum atomic E-state index is 12.2. The van der Waals surface area contributed by atoms with Crippen LogP contribution in [0.5, 0.6) is 0 Å². The normalized spacial score (nSPS) is 10.6. The fourth-order valence-electron chi connectivity index (χ4n) is 2.29. The van der Waals surface area contributed by atoms with Crippen LogP contribution in [0.3, 0.4) is 0 Å². The fourth-order valence-corrected chi connectivity index (χ4v) is 2.64. The molecule has 0 saturated carbocycles. The number of amides is 2. The van der Waals surface area contributed by atoms with Crippen molar-refractivity contribution in [1.82, 2.24) is 0 Å². The number of para-hydroxylation sites is 1. The lowest BCUT2D eigenvalue weighted by atomic mass is 9.98. The van der Waals surface area contributed by atoms with Crippen LogP contribution in [0.15, 0.2) is 36.4 Å². The molecule has 0 bridgehead atoms. The lowest BCUT2D eigenvalue weighted by Crippen LogP contribution is -2.30. The minimum Gasteiger partial charge on any atom is -0.317 e. The van der Waals surface area contributed by atoms with Crippen LogP contribution in [0.2, 0.25) is 10.0 Å². The average Bonchev–Trinajstić information content (AvgIpc) is 2.53. The standard InChI is InChI=1S/C18H18Cl2N2O2/c1-10(2)12-7-4-6-11(3)16(12)22-18(24)17(23)21-14-9-5-8-13(19)15(14)20/h4-10H,1-3H3,(H,21,23)(H,22,24). The van der Waals surface area contributed by atoms with Gasteiger partial charge in [-0.25, -0.2) is 0 Å². The van der Waals surface area contributed by atoms with Crippen LogP contribution < -0.4 is 10.6 Å². The van der Waals surface area contributed by atoms with Gasteiger partial charge in [-0.3, -0.25) is 9.59 Å². The number of halogens is 2. The maximum absolute atomic E-state index is 12.2. The smallest absolute Gasteiger partial charge is 0.314 e. The summed E-state index contributed by atoms with van der Waals surface area (Å²) >= 11 is 11.9. The van der Waals surface area contributed by atoms with E-state index in [4.69, 9.17) is 23.2 Å². The molecule has 0 fully saturated rings. The number of carbonyl (C=O) groups is 2. The van der Waals surface area contributed by atoms with E-state index in [1.165, 1.54) is 0 Å². The molecular formula is C18H18Cl2N2O2. The van der Waals surface area contributed by atoms with Crippen molar-refractivity contribution in [3.05, 3.63) is 57.6 Å². The molecule has 0 aliphatic heterocycles. The number of benzene rings is 2. The zero-order valence-corrected chi connectivity index (χ0v) is 15.1. The van der Waals surface area contributed by atoms with Crippen molar-refractivity contribution in [3.63, 3.8) is 0 Å². The molecule has 0 aliphatic carbocycles. The number of anilines is 2. The second-order valence-corrected chi connectivity index (χ2v) is 6.49. The summed E-state index contributed by atoms with van der Waals surface area (Å²) in [5.41, 5.74) is 2.81. The Kier molecular flexibility index (Phi) is 5.86. The third kappa shape index (κ3) is 4.08. The zero-order chi connectivity index (χ0) is 17.9. The van der Waals surface area contributed by atoms with Gasteiger partial charge < -0.3 is 10.6 Å². The lowest BCUT2D eigenvalue weighted by molar-refractivity contribution is -0.133. The van der Waals surface area contributed by atoms with Crippen molar-refractivity contribution in [2.45, 2.75) is 26.7 Å². The second kappa shape index (κ2) is 7.69. The molecule has 0 saturated heterocycles. The molecule has 126 valence electrons. The van der Waals surface area contributed by atoms with Gasteiger partial charge in [0.25, 0.3) is 0 Å². The SMILES string of the molecule is Cc1cccc(C(C)C)c1NC(=O)C(=O)Nc1cccc(Cl)c1Cl. The Morgan fingerprint density at radius 2 is 1.58 bits per heavy atom. The largest absolute Gasteiger partial charge is 0.317 e. The minimum absolute atomic E-state index is 0.194. The molecule has 2 rings (SSSR count). The third-order valence-corrected chi connectivity index (χ3v) is 4.39. The predicted octanol–water partition coefficient (Wildman–Crippen LogP) is 5.00. The van der Waals surface area contributed by atoms with E-state index in [9.17, 15) is 9.59 Å². The highest BCUT2D eigenvalue weighted by Crippen LogP contribution is 2.30. The molecule has 4 nitrogen and oxygen atoms in total. The van der Waals surface area contributed by atoms with Gasteiger partial charge in [-0.15, -0.1) is 0 Å². The number of nitrogens with one attached hydrogen (secondary N) is 2. The molecule has 2 N–H and O–H groups in total. The summed E-state index contributed by atoms with van der Waals surface area (Å²) < 4.78 is 0. The summed E-state index contributed by atoms with van der Waals surface area (Å²) in [7, 11) is 0. The Balaban J connectivity index is 2.19. The number of aryl methyl sites for hydroxylation is 1. The monoisotopic (exact) mass is 364 g/mol. The summed E-state index contributed by atoms with van der Waals surface area (Å²) in [6.45, 7) is 5.93. The minimum atomic E-state index is -0.808. The number of hydrogen-bond acceptors (Lipinski definition) is 2. The number of hydrogen-bond donors (Lipinski definition) is 2. The van der Waals surface area contributed by atoms with Gasteiger partial charge in [0.2, 0.25) is 0 Å². The molecule has 0 unspecified atom stereocenters. The Bertz CT molecular complexity index is 789. The van der Waals surface area contributed by atoms with Gasteiger partial charge in [0.15, 0.2) is 0 Å². The molecule has 6 heteroatoms. The Labute approximate surface area is 151 Å². The van der Waals surface area contributed by atoms with Crippen LogP contribution in [0.25, 0.3) is 0 Å². The van der Waals surface area contributed by atoms with Crippen molar-refractivity contribution in [3.8, 4) is 0 Å². The van der Waals surface area contributed by atoms with Crippen LogP contribution in [-0.2, 0) is 9.59 Å². The Hall–Kier alpha value is -2.04. The topological polar surface area (TPSA) is 58.2 Å². The van der Waals surface area contributed by atoms with Crippen molar-refractivity contribution in [1.29, 1.82) is 0 Å². The second-order valence-electron chi connectivity index (χ2n) is 5.70. The van der Waals surface area contributed by atoms with Crippen molar-refractivity contribution < 1.29 is 9.59 Å². The molecule has 0 aromatic heterocycles. The summed E-state index contributed by atoms with van der Waals surface area (Å²) in [5, 5.41) is 5.65. The van der Waals surface area contributed by atoms with E-state index in [1.807, 2.05) is 39.0 Å². The molecule has 2 aromatic rings. The maximum Gasteiger partial charge on any atom is 0.314 e. The predicted molar refractivity (Wildman–Crippen MR) is 99.0 cm³/mol. The molecule has 0 spiro atoms. The van der Waals surface area contributed by atoms with Crippen molar-refractivity contribution in [2.75, 3.05) is 10.6 Å². The molecule has 0 radical (unpaired) electrons. The van der Waals surface area contributed by atoms with E-state index >= 15 is 0 Å². The zero-order valence-electron chi connectivity index (χ0n) is 13.6. The Morgan fingerprint density at radius 3 is 2.25 bits per heavy atom. The van der Waals surface area contributed by atoms with E-state index < -0.39 is 11.8 Å². The van der Waals surface area contributed by atoms with Gasteiger partial charge in [0, 0.05) is 5.69 Å². The van der Waals surface area contributed by atoms with Crippen molar-refractivity contribution in [2.24, 2.45) is 0 Å². The van der Waals surface area contributed by atoms with E-state index in [0.717, 1.165) is 11.1 Å². The Morgan fingerprint density at radius 1 is 0.958 bits per heavy atom. The molecule has 2 amide bonds. The fraction of sp³-hybridized carbons (Fsp3) is 0.222. The van der Waals surface area contributed by atoms with Gasteiger partial charge in [-0.2, -0.15) is 0 Å². The van der Waals surface area contributed by atoms with E-state index in [1.54, 1.807) is 18.2 Å². The quantitative estimate of drug-likeness (QED) is 0.752. The van der Waals surface area contributed by atoms with Crippen molar-refractivity contribution >= 4 is 46.4 Å². The molecule has 0 aliphatic rings. The first kappa shape index (κ1) is 18.3. The molecule has 0 heterocycles. The summed E-state index contributed by atoms with van der Waals surface area (Å²) in [4.78, 5) is 24.4. The average molecular weight is 365 g/mol. The highest BCUT2D eigenvalue weighted by atomic mass is 35.5. The highest BCUT2D eigenvalue weighted by Gasteiger charge is 2.19. The summed E-state index contributed by atoms with van der Waals surface area (Å²) in [6, 6.07) is 10.5. The third-order valence-electron chi connectivity index (χ3n) is 3.57. The number of rotatable bonds is 3. The highest BCUT2D eigenvalue weighted by molar-refractivity contribution is 6.47. The van der Waals surface area contributed by atoms with Gasteiger partial charge in [0.1, 0.15) is 0 Å². The van der Waals surface area contributed by atoms with E-state index in [0.29, 0.717) is 10.7 Å². The van der Waals surface area contributed by atoms with Gasteiger partial charge in [0.05, 0.1) is 15.7 Å². The first-order valence-electron chi connectivity index (χ1n) is 7.47. The number of carbonyl (C=O) groups excluding carboxylic acids is 2. The first-order valence-corrected chi connectivity index (χ1v) is 8.22. The van der Waals surface area contributed by atoms with E-state index in [2.05, 4.69) is 10.6 Å². The van der Waals surface area contributed by atoms with Gasteiger partial charge >= 0.3 is 11.8 Å². The van der Waals surface area contributed by atoms with Gasteiger partial charge in [-0.05, 0) is 36.1 Å².